The summed E-state index contributed by atoms with van der Waals surface area (Å²) in [5, 5.41) is 0. The third-order valence-electron chi connectivity index (χ3n) is 4.98. The Labute approximate surface area is 154 Å². The fourth-order valence-electron chi connectivity index (χ4n) is 3.51. The van der Waals surface area contributed by atoms with E-state index in [1.165, 1.54) is 5.69 Å². The molecule has 2 aliphatic rings. The van der Waals surface area contributed by atoms with Crippen LogP contribution in [-0.2, 0) is 4.74 Å². The van der Waals surface area contributed by atoms with Crippen LogP contribution in [0.15, 0.2) is 48.0 Å². The number of anilines is 1. The summed E-state index contributed by atoms with van der Waals surface area (Å²) in [4.78, 5) is 15.3. The molecule has 0 aliphatic carbocycles. The number of para-hydroxylation sites is 1. The Morgan fingerprint density at radius 1 is 1.00 bits per heavy atom. The van der Waals surface area contributed by atoms with Crippen molar-refractivity contribution in [3.05, 3.63) is 64.7 Å². The second-order valence-corrected chi connectivity index (χ2v) is 6.74. The van der Waals surface area contributed by atoms with Crippen molar-refractivity contribution in [1.82, 2.24) is 0 Å². The number of ether oxygens (including phenoxy) is 2. The quantitative estimate of drug-likeness (QED) is 0.771. The van der Waals surface area contributed by atoms with Crippen LogP contribution in [0.3, 0.4) is 0 Å². The summed E-state index contributed by atoms with van der Waals surface area (Å²) in [6, 6.07) is 14.1. The van der Waals surface area contributed by atoms with Crippen molar-refractivity contribution in [3.63, 3.8) is 0 Å². The maximum Gasteiger partial charge on any atom is 0.192 e. The lowest BCUT2D eigenvalue weighted by atomic mass is 9.97. The highest BCUT2D eigenvalue weighted by molar-refractivity contribution is 6.13. The Kier molecular flexibility index (Phi) is 4.76. The van der Waals surface area contributed by atoms with Crippen LogP contribution in [0, 0.1) is 6.92 Å². The zero-order chi connectivity index (χ0) is 17.9. The number of Topliss-reactive ketones (excluding diaryl/α,β-unsaturated/α-hetero) is 1. The molecule has 0 atom stereocenters. The van der Waals surface area contributed by atoms with E-state index in [0.29, 0.717) is 18.6 Å². The van der Waals surface area contributed by atoms with Crippen molar-refractivity contribution in [3.8, 4) is 5.75 Å². The number of nitrogens with zero attached hydrogens (tertiary/aromatic N) is 1. The van der Waals surface area contributed by atoms with Gasteiger partial charge in [0.25, 0.3) is 0 Å². The normalized spacial score (nSPS) is 19.0. The molecule has 2 aliphatic heterocycles. The first-order chi connectivity index (χ1) is 12.7. The van der Waals surface area contributed by atoms with Crippen molar-refractivity contribution in [1.29, 1.82) is 0 Å². The maximum atomic E-state index is 12.9. The lowest BCUT2D eigenvalue weighted by Crippen LogP contribution is -2.36. The number of carbonyl (C=O) groups excluding carboxylic acids is 1. The van der Waals surface area contributed by atoms with Crippen molar-refractivity contribution in [2.45, 2.75) is 13.3 Å². The number of fused-ring (bicyclic) bond motifs is 1. The molecule has 1 fully saturated rings. The molecule has 134 valence electrons. The van der Waals surface area contributed by atoms with Gasteiger partial charge in [-0.3, -0.25) is 4.79 Å². The van der Waals surface area contributed by atoms with E-state index in [-0.39, 0.29) is 5.78 Å². The number of carbonyl (C=O) groups is 1. The molecule has 4 rings (SSSR count). The van der Waals surface area contributed by atoms with Crippen LogP contribution in [-0.4, -0.2) is 38.7 Å². The number of hydrogen-bond acceptors (Lipinski definition) is 4. The van der Waals surface area contributed by atoms with Crippen LogP contribution in [0.2, 0.25) is 0 Å². The number of aryl methyl sites for hydroxylation is 1. The van der Waals surface area contributed by atoms with E-state index in [2.05, 4.69) is 29.2 Å². The van der Waals surface area contributed by atoms with Gasteiger partial charge in [0.2, 0.25) is 0 Å². The number of morpholine rings is 1. The number of ketones is 1. The first kappa shape index (κ1) is 16.9. The van der Waals surface area contributed by atoms with Crippen molar-refractivity contribution < 1.29 is 14.3 Å². The third kappa shape index (κ3) is 3.37. The summed E-state index contributed by atoms with van der Waals surface area (Å²) >= 11 is 0. The van der Waals surface area contributed by atoms with E-state index in [1.54, 1.807) is 0 Å². The molecule has 1 saturated heterocycles. The van der Waals surface area contributed by atoms with Crippen LogP contribution in [0.4, 0.5) is 5.69 Å². The number of rotatable bonds is 2. The molecule has 4 nitrogen and oxygen atoms in total. The highest BCUT2D eigenvalue weighted by atomic mass is 16.5. The van der Waals surface area contributed by atoms with Gasteiger partial charge in [-0.05, 0) is 42.3 Å². The first-order valence-electron chi connectivity index (χ1n) is 9.13. The molecule has 2 aromatic carbocycles. The fraction of sp³-hybridized carbons (Fsp3) is 0.318. The van der Waals surface area contributed by atoms with Gasteiger partial charge in [-0.2, -0.15) is 0 Å². The molecule has 4 heteroatoms. The Morgan fingerprint density at radius 3 is 2.54 bits per heavy atom. The Morgan fingerprint density at radius 2 is 1.77 bits per heavy atom. The second kappa shape index (κ2) is 7.34. The zero-order valence-corrected chi connectivity index (χ0v) is 15.0. The molecule has 2 heterocycles. The van der Waals surface area contributed by atoms with Gasteiger partial charge in [-0.25, -0.2) is 0 Å². The van der Waals surface area contributed by atoms with Crippen LogP contribution < -0.4 is 9.64 Å². The van der Waals surface area contributed by atoms with Gasteiger partial charge in [0.05, 0.1) is 25.4 Å². The highest BCUT2D eigenvalue weighted by Gasteiger charge is 2.22. The largest absolute Gasteiger partial charge is 0.492 e. The zero-order valence-electron chi connectivity index (χ0n) is 15.0. The molecule has 0 bridgehead atoms. The summed E-state index contributed by atoms with van der Waals surface area (Å²) in [6.07, 6.45) is 2.62. The van der Waals surface area contributed by atoms with Gasteiger partial charge in [0.1, 0.15) is 5.75 Å². The minimum Gasteiger partial charge on any atom is -0.492 e. The van der Waals surface area contributed by atoms with E-state index >= 15 is 0 Å². The summed E-state index contributed by atoms with van der Waals surface area (Å²) < 4.78 is 11.2. The van der Waals surface area contributed by atoms with Gasteiger partial charge in [-0.1, -0.05) is 24.3 Å². The average Bonchev–Trinajstić information content (AvgIpc) is 2.84. The van der Waals surface area contributed by atoms with Crippen molar-refractivity contribution in [2.75, 3.05) is 37.8 Å². The van der Waals surface area contributed by atoms with Crippen molar-refractivity contribution >= 4 is 17.5 Å². The Hall–Kier alpha value is -2.59. The van der Waals surface area contributed by atoms with E-state index in [4.69, 9.17) is 9.47 Å². The van der Waals surface area contributed by atoms with Crippen LogP contribution in [0.5, 0.6) is 5.75 Å². The van der Waals surface area contributed by atoms with Crippen molar-refractivity contribution in [2.24, 2.45) is 0 Å². The molecule has 0 saturated carbocycles. The predicted octanol–water partition coefficient (Wildman–Crippen LogP) is 3.88. The summed E-state index contributed by atoms with van der Waals surface area (Å²) in [5.41, 5.74) is 4.72. The maximum absolute atomic E-state index is 12.9. The topological polar surface area (TPSA) is 38.8 Å². The van der Waals surface area contributed by atoms with Gasteiger partial charge in [0.15, 0.2) is 5.78 Å². The van der Waals surface area contributed by atoms with Gasteiger partial charge < -0.3 is 14.4 Å². The minimum absolute atomic E-state index is 0.0680. The predicted molar refractivity (Wildman–Crippen MR) is 103 cm³/mol. The molecule has 0 amide bonds. The Bertz CT molecular complexity index is 833. The summed E-state index contributed by atoms with van der Waals surface area (Å²) in [7, 11) is 0. The van der Waals surface area contributed by atoms with Crippen LogP contribution in [0.25, 0.3) is 6.08 Å². The Balaban J connectivity index is 1.58. The monoisotopic (exact) mass is 349 g/mol. The number of hydrogen-bond donors (Lipinski definition) is 0. The molecule has 2 aromatic rings. The fourth-order valence-corrected chi connectivity index (χ4v) is 3.51. The molecule has 0 N–H and O–H groups in total. The average molecular weight is 349 g/mol. The first-order valence-corrected chi connectivity index (χ1v) is 9.13. The standard InChI is InChI=1S/C22H23NO3/c1-16-3-2-4-20-21(24)18(9-12-26-22(16)20)15-17-5-7-19(8-6-17)23-10-13-25-14-11-23/h2-8,15H,9-14H2,1H3/b18-15-. The SMILES string of the molecule is Cc1cccc2c1OCC/C(=C/c1ccc(N3CCOCC3)cc1)C2=O. The lowest BCUT2D eigenvalue weighted by Gasteiger charge is -2.28. The van der Waals surface area contributed by atoms with Gasteiger partial charge in [-0.15, -0.1) is 0 Å². The molecule has 0 aromatic heterocycles. The van der Waals surface area contributed by atoms with Gasteiger partial charge in [0, 0.05) is 30.8 Å². The third-order valence-corrected chi connectivity index (χ3v) is 4.98. The smallest absolute Gasteiger partial charge is 0.192 e. The van der Waals surface area contributed by atoms with Gasteiger partial charge >= 0.3 is 0 Å². The molecular weight excluding hydrogens is 326 g/mol. The summed E-state index contributed by atoms with van der Waals surface area (Å²) in [5.74, 6) is 0.794. The van der Waals surface area contributed by atoms with Crippen LogP contribution in [0.1, 0.15) is 27.9 Å². The minimum atomic E-state index is 0.0680. The van der Waals surface area contributed by atoms with Crippen LogP contribution >= 0.6 is 0 Å². The van der Waals surface area contributed by atoms with E-state index in [1.807, 2.05) is 31.2 Å². The lowest BCUT2D eigenvalue weighted by molar-refractivity contribution is 0.103. The summed E-state index contributed by atoms with van der Waals surface area (Å²) in [6.45, 7) is 5.91. The van der Waals surface area contributed by atoms with E-state index < -0.39 is 0 Å². The second-order valence-electron chi connectivity index (χ2n) is 6.74. The highest BCUT2D eigenvalue weighted by Crippen LogP contribution is 2.30. The molecule has 0 unspecified atom stereocenters. The van der Waals surface area contributed by atoms with E-state index in [0.717, 1.165) is 48.8 Å². The molecular formula is C22H23NO3. The number of benzene rings is 2. The molecule has 0 radical (unpaired) electrons. The molecule has 26 heavy (non-hydrogen) atoms. The molecule has 0 spiro atoms. The van der Waals surface area contributed by atoms with E-state index in [9.17, 15) is 4.79 Å².